The van der Waals surface area contributed by atoms with Crippen LogP contribution in [0.2, 0.25) is 0 Å². The fraction of sp³-hybridized carbons (Fsp3) is 0.100. The van der Waals surface area contributed by atoms with Gasteiger partial charge in [-0.1, -0.05) is 18.2 Å². The van der Waals surface area contributed by atoms with Crippen LogP contribution in [-0.2, 0) is 4.79 Å². The highest BCUT2D eigenvalue weighted by atomic mass is 79.9. The summed E-state index contributed by atoms with van der Waals surface area (Å²) in [6.45, 7) is 0. The van der Waals surface area contributed by atoms with Crippen LogP contribution in [0.25, 0.3) is 6.08 Å². The number of carboxylic acid groups (broad SMARTS) is 1. The van der Waals surface area contributed by atoms with E-state index >= 15 is 0 Å². The third-order valence-electron chi connectivity index (χ3n) is 1.57. The van der Waals surface area contributed by atoms with Gasteiger partial charge in [0.2, 0.25) is 0 Å². The fourth-order valence-corrected chi connectivity index (χ4v) is 1.32. The molecule has 1 aromatic rings. The van der Waals surface area contributed by atoms with Gasteiger partial charge in [0, 0.05) is 0 Å². The summed E-state index contributed by atoms with van der Waals surface area (Å²) in [5.41, 5.74) is 0.843. The van der Waals surface area contributed by atoms with Crippen molar-refractivity contribution < 1.29 is 15.0 Å². The molecule has 0 radical (unpaired) electrons. The molecule has 14 heavy (non-hydrogen) atoms. The number of phenols is 1. The van der Waals surface area contributed by atoms with E-state index in [1.54, 1.807) is 30.4 Å². The molecule has 0 amide bonds. The van der Waals surface area contributed by atoms with E-state index in [1.165, 1.54) is 0 Å². The highest BCUT2D eigenvalue weighted by Crippen LogP contribution is 2.24. The molecule has 0 heterocycles. The third-order valence-corrected chi connectivity index (χ3v) is 2.21. The molecule has 1 rings (SSSR count). The van der Waals surface area contributed by atoms with Crippen molar-refractivity contribution in [3.63, 3.8) is 0 Å². The summed E-state index contributed by atoms with van der Waals surface area (Å²) in [6, 6.07) is 4.97. The van der Waals surface area contributed by atoms with Gasteiger partial charge in [-0.3, -0.25) is 4.79 Å². The zero-order valence-electron chi connectivity index (χ0n) is 7.27. The number of benzene rings is 1. The molecule has 0 saturated carbocycles. The van der Waals surface area contributed by atoms with Gasteiger partial charge in [-0.15, -0.1) is 0 Å². The highest BCUT2D eigenvalue weighted by molar-refractivity contribution is 9.10. The number of aromatic hydroxyl groups is 1. The van der Waals surface area contributed by atoms with Crippen molar-refractivity contribution in [1.82, 2.24) is 0 Å². The normalized spacial score (nSPS) is 10.6. The first kappa shape index (κ1) is 10.8. The van der Waals surface area contributed by atoms with E-state index in [0.29, 0.717) is 4.47 Å². The first-order valence-electron chi connectivity index (χ1n) is 3.96. The molecule has 0 aliphatic carbocycles. The highest BCUT2D eigenvalue weighted by Gasteiger charge is 1.96. The maximum absolute atomic E-state index is 10.2. The molecule has 0 unspecified atom stereocenters. The lowest BCUT2D eigenvalue weighted by molar-refractivity contribution is -0.135. The van der Waals surface area contributed by atoms with Gasteiger partial charge in [0.25, 0.3) is 0 Å². The number of rotatable bonds is 3. The Balaban J connectivity index is 2.73. The van der Waals surface area contributed by atoms with Crippen LogP contribution in [0.3, 0.4) is 0 Å². The van der Waals surface area contributed by atoms with Crippen LogP contribution in [0.1, 0.15) is 12.0 Å². The Morgan fingerprint density at radius 3 is 2.79 bits per heavy atom. The summed E-state index contributed by atoms with van der Waals surface area (Å²) < 4.78 is 0.593. The van der Waals surface area contributed by atoms with Gasteiger partial charge in [-0.05, 0) is 33.6 Å². The second-order valence-corrected chi connectivity index (χ2v) is 3.57. The summed E-state index contributed by atoms with van der Waals surface area (Å²) in [4.78, 5) is 10.2. The van der Waals surface area contributed by atoms with Crippen molar-refractivity contribution in [2.24, 2.45) is 0 Å². The lowest BCUT2D eigenvalue weighted by Gasteiger charge is -1.97. The van der Waals surface area contributed by atoms with E-state index in [4.69, 9.17) is 5.11 Å². The van der Waals surface area contributed by atoms with E-state index in [1.807, 2.05) is 0 Å². The lowest BCUT2D eigenvalue weighted by Crippen LogP contribution is -1.89. The van der Waals surface area contributed by atoms with Gasteiger partial charge in [-0.25, -0.2) is 0 Å². The molecule has 0 aromatic heterocycles. The van der Waals surface area contributed by atoms with Crippen LogP contribution < -0.4 is 0 Å². The molecule has 4 heteroatoms. The van der Waals surface area contributed by atoms with Crippen molar-refractivity contribution in [2.75, 3.05) is 0 Å². The number of halogens is 1. The quantitative estimate of drug-likeness (QED) is 0.875. The first-order chi connectivity index (χ1) is 6.59. The zero-order valence-corrected chi connectivity index (χ0v) is 8.86. The van der Waals surface area contributed by atoms with E-state index in [2.05, 4.69) is 15.9 Å². The number of carboxylic acids is 1. The molecule has 0 bridgehead atoms. The van der Waals surface area contributed by atoms with E-state index in [0.717, 1.165) is 5.56 Å². The van der Waals surface area contributed by atoms with Crippen molar-refractivity contribution in [3.05, 3.63) is 34.3 Å². The standard InChI is InChI=1S/C10H9BrO3/c11-8-6-7(4-5-9(8)12)2-1-3-10(13)14/h1-2,4-6,12H,3H2,(H,13,14). The lowest BCUT2D eigenvalue weighted by atomic mass is 10.2. The Morgan fingerprint density at radius 2 is 2.21 bits per heavy atom. The second kappa shape index (κ2) is 4.81. The van der Waals surface area contributed by atoms with Crippen molar-refractivity contribution in [2.45, 2.75) is 6.42 Å². The predicted octanol–water partition coefficient (Wildman–Crippen LogP) is 2.64. The Labute approximate surface area is 89.8 Å². The fourth-order valence-electron chi connectivity index (χ4n) is 0.923. The van der Waals surface area contributed by atoms with Crippen LogP contribution in [0.15, 0.2) is 28.7 Å². The molecule has 0 fully saturated rings. The van der Waals surface area contributed by atoms with E-state index in [9.17, 15) is 9.90 Å². The number of carbonyl (C=O) groups is 1. The molecule has 3 nitrogen and oxygen atoms in total. The molecule has 0 saturated heterocycles. The zero-order chi connectivity index (χ0) is 10.6. The van der Waals surface area contributed by atoms with Crippen molar-refractivity contribution in [3.8, 4) is 5.75 Å². The van der Waals surface area contributed by atoms with Gasteiger partial charge in [0.15, 0.2) is 0 Å². The topological polar surface area (TPSA) is 57.5 Å². The number of hydrogen-bond donors (Lipinski definition) is 2. The molecule has 0 spiro atoms. The van der Waals surface area contributed by atoms with Crippen LogP contribution in [0.5, 0.6) is 5.75 Å². The van der Waals surface area contributed by atoms with Gasteiger partial charge >= 0.3 is 5.97 Å². The summed E-state index contributed by atoms with van der Waals surface area (Å²) >= 11 is 3.17. The maximum Gasteiger partial charge on any atom is 0.307 e. The Bertz CT molecular complexity index is 372. The van der Waals surface area contributed by atoms with Gasteiger partial charge < -0.3 is 10.2 Å². The monoisotopic (exact) mass is 256 g/mol. The predicted molar refractivity (Wildman–Crippen MR) is 57.1 cm³/mol. The van der Waals surface area contributed by atoms with Crippen molar-refractivity contribution in [1.29, 1.82) is 0 Å². The van der Waals surface area contributed by atoms with Crippen LogP contribution in [-0.4, -0.2) is 16.2 Å². The molecular weight excluding hydrogens is 248 g/mol. The summed E-state index contributed by atoms with van der Waals surface area (Å²) in [7, 11) is 0. The van der Waals surface area contributed by atoms with E-state index < -0.39 is 5.97 Å². The van der Waals surface area contributed by atoms with Crippen LogP contribution >= 0.6 is 15.9 Å². The number of aliphatic carboxylic acids is 1. The minimum Gasteiger partial charge on any atom is -0.507 e. The van der Waals surface area contributed by atoms with Gasteiger partial charge in [0.1, 0.15) is 5.75 Å². The minimum atomic E-state index is -0.862. The smallest absolute Gasteiger partial charge is 0.307 e. The Kier molecular flexibility index (Phi) is 3.71. The Hall–Kier alpha value is -1.29. The van der Waals surface area contributed by atoms with E-state index in [-0.39, 0.29) is 12.2 Å². The molecule has 0 aliphatic heterocycles. The van der Waals surface area contributed by atoms with Gasteiger partial charge in [0.05, 0.1) is 10.9 Å². The molecule has 0 aliphatic rings. The third kappa shape index (κ3) is 3.22. The summed E-state index contributed by atoms with van der Waals surface area (Å²) in [5.74, 6) is -0.695. The second-order valence-electron chi connectivity index (χ2n) is 2.71. The van der Waals surface area contributed by atoms with Crippen molar-refractivity contribution >= 4 is 28.0 Å². The van der Waals surface area contributed by atoms with Gasteiger partial charge in [-0.2, -0.15) is 0 Å². The first-order valence-corrected chi connectivity index (χ1v) is 4.76. The van der Waals surface area contributed by atoms with Crippen LogP contribution in [0.4, 0.5) is 0 Å². The average molecular weight is 257 g/mol. The summed E-state index contributed by atoms with van der Waals surface area (Å²) in [6.07, 6.45) is 3.25. The van der Waals surface area contributed by atoms with Crippen LogP contribution in [0, 0.1) is 0 Å². The molecule has 74 valence electrons. The molecular formula is C10H9BrO3. The minimum absolute atomic E-state index is 0.00149. The molecule has 2 N–H and O–H groups in total. The SMILES string of the molecule is O=C(O)CC=Cc1ccc(O)c(Br)c1. The molecule has 0 atom stereocenters. The summed E-state index contributed by atoms with van der Waals surface area (Å²) in [5, 5.41) is 17.6. The largest absolute Gasteiger partial charge is 0.507 e. The number of hydrogen-bond acceptors (Lipinski definition) is 2. The average Bonchev–Trinajstić information content (AvgIpc) is 2.10. The molecule has 1 aromatic carbocycles. The number of phenolic OH excluding ortho intramolecular Hbond substituents is 1. The maximum atomic E-state index is 10.2. The Morgan fingerprint density at radius 1 is 1.50 bits per heavy atom.